The molecule has 0 radical (unpaired) electrons. The van der Waals surface area contributed by atoms with E-state index < -0.39 is 0 Å². The van der Waals surface area contributed by atoms with E-state index in [4.69, 9.17) is 9.57 Å². The maximum absolute atomic E-state index is 5.43. The molecule has 0 bridgehead atoms. The van der Waals surface area contributed by atoms with Crippen molar-refractivity contribution in [3.8, 4) is 0 Å². The standard InChI is InChI=1S/C12H18NO2/c1-3-14-9-10-15-13(2)11-12-7-5-4-6-8-12/h4-8H,1,3,9-11H2,2H3/q-1. The molecule has 3 nitrogen and oxygen atoms in total. The van der Waals surface area contributed by atoms with Gasteiger partial charge in [0.25, 0.3) is 0 Å². The molecule has 1 rings (SSSR count). The number of benzene rings is 1. The molecule has 0 amide bonds. The molecule has 0 aliphatic heterocycles. The molecule has 3 heteroatoms. The van der Waals surface area contributed by atoms with Crippen molar-refractivity contribution in [2.75, 3.05) is 26.9 Å². The monoisotopic (exact) mass is 208 g/mol. The van der Waals surface area contributed by atoms with Gasteiger partial charge in [-0.25, -0.2) is 0 Å². The van der Waals surface area contributed by atoms with Gasteiger partial charge in [0.1, 0.15) is 0 Å². The fraction of sp³-hybridized carbons (Fsp3) is 0.417. The van der Waals surface area contributed by atoms with Crippen molar-refractivity contribution in [1.29, 1.82) is 0 Å². The van der Waals surface area contributed by atoms with Crippen molar-refractivity contribution in [2.24, 2.45) is 0 Å². The largest absolute Gasteiger partial charge is 0.411 e. The zero-order valence-corrected chi connectivity index (χ0v) is 9.19. The Morgan fingerprint density at radius 3 is 2.60 bits per heavy atom. The lowest BCUT2D eigenvalue weighted by atomic mass is 10.2. The van der Waals surface area contributed by atoms with Crippen molar-refractivity contribution in [2.45, 2.75) is 6.54 Å². The van der Waals surface area contributed by atoms with E-state index in [1.807, 2.05) is 30.3 Å². The normalized spacial score (nSPS) is 10.9. The maximum atomic E-state index is 5.43. The Morgan fingerprint density at radius 2 is 1.93 bits per heavy atom. The molecule has 0 N–H and O–H groups in total. The zero-order chi connectivity index (χ0) is 10.9. The van der Waals surface area contributed by atoms with Crippen LogP contribution in [0.5, 0.6) is 0 Å². The van der Waals surface area contributed by atoms with Gasteiger partial charge in [0.15, 0.2) is 0 Å². The minimum Gasteiger partial charge on any atom is -0.411 e. The van der Waals surface area contributed by atoms with Crippen LogP contribution in [0.25, 0.3) is 0 Å². The summed E-state index contributed by atoms with van der Waals surface area (Å²) in [6, 6.07) is 10.2. The van der Waals surface area contributed by atoms with Crippen LogP contribution in [-0.2, 0) is 16.1 Å². The first-order valence-electron chi connectivity index (χ1n) is 5.08. The fourth-order valence-corrected chi connectivity index (χ4v) is 1.24. The second kappa shape index (κ2) is 7.40. The highest BCUT2D eigenvalue weighted by molar-refractivity contribution is 5.13. The maximum Gasteiger partial charge on any atom is 0.0917 e. The van der Waals surface area contributed by atoms with Crippen LogP contribution in [0.2, 0.25) is 0 Å². The van der Waals surface area contributed by atoms with Crippen LogP contribution in [0.15, 0.2) is 30.3 Å². The predicted molar refractivity (Wildman–Crippen MR) is 60.0 cm³/mol. The Bertz CT molecular complexity index is 251. The van der Waals surface area contributed by atoms with Crippen molar-refractivity contribution in [3.05, 3.63) is 42.8 Å². The summed E-state index contributed by atoms with van der Waals surface area (Å²) in [4.78, 5) is 5.43. The highest BCUT2D eigenvalue weighted by atomic mass is 16.7. The smallest absolute Gasteiger partial charge is 0.0917 e. The molecule has 0 aliphatic carbocycles. The van der Waals surface area contributed by atoms with Gasteiger partial charge in [-0.05, 0) is 5.56 Å². The summed E-state index contributed by atoms with van der Waals surface area (Å²) in [7, 11) is 1.91. The number of hydrogen-bond donors (Lipinski definition) is 0. The third-order valence-electron chi connectivity index (χ3n) is 1.93. The fourth-order valence-electron chi connectivity index (χ4n) is 1.24. The summed E-state index contributed by atoms with van der Waals surface area (Å²) in [6.45, 7) is 6.01. The molecular weight excluding hydrogens is 190 g/mol. The van der Waals surface area contributed by atoms with Gasteiger partial charge < -0.3 is 11.7 Å². The van der Waals surface area contributed by atoms with E-state index in [2.05, 4.69) is 19.1 Å². The van der Waals surface area contributed by atoms with Crippen LogP contribution in [0.4, 0.5) is 0 Å². The van der Waals surface area contributed by atoms with Crippen LogP contribution in [0.1, 0.15) is 5.56 Å². The molecule has 0 saturated heterocycles. The predicted octanol–water partition coefficient (Wildman–Crippen LogP) is 1.90. The average molecular weight is 208 g/mol. The average Bonchev–Trinajstić information content (AvgIpc) is 2.26. The second-order valence-electron chi connectivity index (χ2n) is 3.22. The van der Waals surface area contributed by atoms with Gasteiger partial charge in [-0.15, -0.1) is 0 Å². The van der Waals surface area contributed by atoms with Crippen molar-refractivity contribution in [3.63, 3.8) is 0 Å². The lowest BCUT2D eigenvalue weighted by molar-refractivity contribution is -0.157. The molecule has 0 aliphatic rings. The summed E-state index contributed by atoms with van der Waals surface area (Å²) in [6.07, 6.45) is 0. The molecule has 0 aromatic heterocycles. The molecule has 1 aromatic rings. The van der Waals surface area contributed by atoms with Gasteiger partial charge >= 0.3 is 0 Å². The van der Waals surface area contributed by atoms with Crippen molar-refractivity contribution in [1.82, 2.24) is 5.06 Å². The lowest BCUT2D eigenvalue weighted by Crippen LogP contribution is -2.21. The Balaban J connectivity index is 2.16. The Hall–Kier alpha value is -0.900. The van der Waals surface area contributed by atoms with E-state index >= 15 is 0 Å². The Kier molecular flexibility index (Phi) is 6.00. The SMILES string of the molecule is [CH2-]COCCON(C)Cc1ccccc1. The summed E-state index contributed by atoms with van der Waals surface area (Å²) in [5.41, 5.74) is 1.23. The quantitative estimate of drug-likeness (QED) is 0.388. The Morgan fingerprint density at radius 1 is 1.20 bits per heavy atom. The van der Waals surface area contributed by atoms with Crippen LogP contribution in [-0.4, -0.2) is 31.9 Å². The molecule has 0 fully saturated rings. The first kappa shape index (κ1) is 12.2. The summed E-state index contributed by atoms with van der Waals surface area (Å²) >= 11 is 0. The van der Waals surface area contributed by atoms with Gasteiger partial charge in [0, 0.05) is 13.6 Å². The zero-order valence-electron chi connectivity index (χ0n) is 9.19. The van der Waals surface area contributed by atoms with Crippen LogP contribution in [0.3, 0.4) is 0 Å². The lowest BCUT2D eigenvalue weighted by Gasteiger charge is -2.16. The van der Waals surface area contributed by atoms with Crippen LogP contribution < -0.4 is 0 Å². The number of nitrogens with zero attached hydrogens (tertiary/aromatic N) is 1. The summed E-state index contributed by atoms with van der Waals surface area (Å²) in [5, 5.41) is 1.81. The molecule has 15 heavy (non-hydrogen) atoms. The highest BCUT2D eigenvalue weighted by Crippen LogP contribution is 2.02. The van der Waals surface area contributed by atoms with Gasteiger partial charge in [-0.3, -0.25) is 4.84 Å². The number of hydroxylamine groups is 2. The summed E-state index contributed by atoms with van der Waals surface area (Å²) in [5.74, 6) is 0. The molecule has 0 saturated carbocycles. The molecule has 84 valence electrons. The van der Waals surface area contributed by atoms with E-state index in [-0.39, 0.29) is 0 Å². The molecule has 0 atom stereocenters. The van der Waals surface area contributed by atoms with Gasteiger partial charge in [0.05, 0.1) is 13.2 Å². The first-order valence-corrected chi connectivity index (χ1v) is 5.08. The molecule has 0 heterocycles. The van der Waals surface area contributed by atoms with Crippen molar-refractivity contribution < 1.29 is 9.57 Å². The van der Waals surface area contributed by atoms with Gasteiger partial charge in [-0.1, -0.05) is 36.9 Å². The third-order valence-corrected chi connectivity index (χ3v) is 1.93. The molecular formula is C12H18NO2-. The number of rotatable bonds is 7. The van der Waals surface area contributed by atoms with Crippen LogP contribution in [0, 0.1) is 6.92 Å². The van der Waals surface area contributed by atoms with Gasteiger partial charge in [0.2, 0.25) is 0 Å². The molecule has 1 aromatic carbocycles. The van der Waals surface area contributed by atoms with E-state index in [1.165, 1.54) is 5.56 Å². The van der Waals surface area contributed by atoms with E-state index in [9.17, 15) is 0 Å². The molecule has 0 spiro atoms. The number of hydrogen-bond acceptors (Lipinski definition) is 3. The van der Waals surface area contributed by atoms with Crippen LogP contribution >= 0.6 is 0 Å². The van der Waals surface area contributed by atoms with E-state index in [0.29, 0.717) is 19.8 Å². The topological polar surface area (TPSA) is 21.7 Å². The van der Waals surface area contributed by atoms with Crippen molar-refractivity contribution >= 4 is 0 Å². The third kappa shape index (κ3) is 5.52. The van der Waals surface area contributed by atoms with E-state index in [1.54, 1.807) is 0 Å². The summed E-state index contributed by atoms with van der Waals surface area (Å²) < 4.78 is 5.07. The first-order chi connectivity index (χ1) is 7.33. The molecule has 0 unspecified atom stereocenters. The highest BCUT2D eigenvalue weighted by Gasteiger charge is 1.99. The minimum atomic E-state index is 0.492. The van der Waals surface area contributed by atoms with Gasteiger partial charge in [-0.2, -0.15) is 5.06 Å². The number of ether oxygens (including phenoxy) is 1. The Labute approximate surface area is 91.6 Å². The second-order valence-corrected chi connectivity index (χ2v) is 3.22. The van der Waals surface area contributed by atoms with E-state index in [0.717, 1.165) is 6.54 Å². The minimum absolute atomic E-state index is 0.492.